The first-order valence-electron chi connectivity index (χ1n) is 1.51. The van der Waals surface area contributed by atoms with Gasteiger partial charge >= 0.3 is 5.51 Å². The van der Waals surface area contributed by atoms with Crippen molar-refractivity contribution in [1.29, 1.82) is 0 Å². The van der Waals surface area contributed by atoms with Crippen LogP contribution in [0, 0.1) is 0 Å². The molecule has 0 saturated carbocycles. The van der Waals surface area contributed by atoms with E-state index in [-0.39, 0.29) is 0 Å². The van der Waals surface area contributed by atoms with E-state index in [2.05, 4.69) is 0 Å². The normalized spacial score (nSPS) is 14.4. The summed E-state index contributed by atoms with van der Waals surface area (Å²) in [6.07, 6.45) is 0. The lowest BCUT2D eigenvalue weighted by Crippen LogP contribution is -2.22. The molecule has 0 unspecified atom stereocenters. The Kier molecular flexibility index (Phi) is 1.72. The highest BCUT2D eigenvalue weighted by atomic mass is 32.4. The molecule has 0 amide bonds. The third-order valence-electron chi connectivity index (χ3n) is 0.420. The minimum absolute atomic E-state index is 0.866. The van der Waals surface area contributed by atoms with Crippen LogP contribution in [0.3, 0.4) is 0 Å². The van der Waals surface area contributed by atoms with Crippen molar-refractivity contribution < 1.29 is 21.6 Å². The van der Waals surface area contributed by atoms with E-state index in [4.69, 9.17) is 0 Å². The van der Waals surface area contributed by atoms with Gasteiger partial charge in [0.1, 0.15) is 0 Å². The molecule has 7 heteroatoms. The number of halogens is 3. The van der Waals surface area contributed by atoms with Crippen LogP contribution in [0.25, 0.3) is 0 Å². The van der Waals surface area contributed by atoms with Gasteiger partial charge in [0.2, 0.25) is 9.29 Å². The van der Waals surface area contributed by atoms with Crippen molar-refractivity contribution in [2.75, 3.05) is 0 Å². The van der Waals surface area contributed by atoms with E-state index in [9.17, 15) is 21.6 Å². The Balaban J connectivity index is 4.53. The Morgan fingerprint density at radius 1 is 1.25 bits per heavy atom. The van der Waals surface area contributed by atoms with Gasteiger partial charge in [-0.2, -0.15) is 13.2 Å². The Bertz CT molecular complexity index is 166. The Hall–Kier alpha value is -0.0431. The van der Waals surface area contributed by atoms with Crippen LogP contribution in [0.5, 0.6) is 0 Å². The molecule has 0 saturated heterocycles. The SMILES string of the molecule is O=S(=O)([SiH3])C(F)(F)F. The molecule has 0 atom stereocenters. The molecule has 0 rings (SSSR count). The molecule has 0 radical (unpaired) electrons. The highest BCUT2D eigenvalue weighted by Crippen LogP contribution is 2.20. The predicted molar refractivity (Wildman–Crippen MR) is 24.9 cm³/mol. The molecule has 0 spiro atoms. The summed E-state index contributed by atoms with van der Waals surface area (Å²) in [7, 11) is -5.57. The number of hydrogen-bond donors (Lipinski definition) is 0. The minimum Gasteiger partial charge on any atom is -0.228 e. The Labute approximate surface area is 46.7 Å². The first-order chi connectivity index (χ1) is 3.25. The molecule has 0 aromatic heterocycles. The van der Waals surface area contributed by atoms with Gasteiger partial charge in [-0.15, -0.1) is 0 Å². The van der Waals surface area contributed by atoms with Gasteiger partial charge in [0.15, 0.2) is 9.39 Å². The van der Waals surface area contributed by atoms with Gasteiger partial charge in [-0.3, -0.25) is 0 Å². The van der Waals surface area contributed by atoms with Crippen molar-refractivity contribution in [1.82, 2.24) is 0 Å². The molecule has 0 aliphatic rings. The van der Waals surface area contributed by atoms with Crippen molar-refractivity contribution in [3.63, 3.8) is 0 Å². The van der Waals surface area contributed by atoms with Gasteiger partial charge in [0, 0.05) is 0 Å². The summed E-state index contributed by atoms with van der Waals surface area (Å²) in [6, 6.07) is 0. The van der Waals surface area contributed by atoms with Gasteiger partial charge < -0.3 is 0 Å². The molecule has 0 aromatic carbocycles. The van der Waals surface area contributed by atoms with E-state index in [0.717, 1.165) is 0 Å². The lowest BCUT2D eigenvalue weighted by Gasteiger charge is -1.99. The predicted octanol–water partition coefficient (Wildman–Crippen LogP) is -0.799. The van der Waals surface area contributed by atoms with Crippen molar-refractivity contribution in [2.24, 2.45) is 0 Å². The molecule has 0 heterocycles. The number of alkyl halides is 3. The maximum absolute atomic E-state index is 11.0. The molecule has 0 N–H and O–H groups in total. The van der Waals surface area contributed by atoms with Crippen LogP contribution in [0.2, 0.25) is 0 Å². The second-order valence-electron chi connectivity index (χ2n) is 1.22. The highest BCUT2D eigenvalue weighted by Gasteiger charge is 2.40. The molecular weight excluding hydrogens is 161 g/mol. The summed E-state index contributed by atoms with van der Waals surface area (Å²) in [5, 5.41) is 0. The highest BCUT2D eigenvalue weighted by molar-refractivity contribution is 8.12. The van der Waals surface area contributed by atoms with E-state index in [0.29, 0.717) is 0 Å². The third-order valence-corrected chi connectivity index (χ3v) is 2.65. The maximum Gasteiger partial charge on any atom is 0.489 e. The van der Waals surface area contributed by atoms with Gasteiger partial charge in [0.25, 0.3) is 0 Å². The average Bonchev–Trinajstić information content (AvgIpc) is 1.25. The molecule has 8 heavy (non-hydrogen) atoms. The first kappa shape index (κ1) is 7.96. The van der Waals surface area contributed by atoms with E-state index in [1.165, 1.54) is 0 Å². The third kappa shape index (κ3) is 1.82. The van der Waals surface area contributed by atoms with Crippen LogP contribution in [0.1, 0.15) is 0 Å². The molecule has 0 bridgehead atoms. The number of rotatable bonds is 0. The minimum atomic E-state index is -5.03. The zero-order chi connectivity index (χ0) is 7.00. The van der Waals surface area contributed by atoms with E-state index < -0.39 is 24.2 Å². The summed E-state index contributed by atoms with van der Waals surface area (Å²) in [5.74, 6) is 0. The van der Waals surface area contributed by atoms with Crippen LogP contribution in [0.4, 0.5) is 13.2 Å². The second kappa shape index (κ2) is 1.73. The smallest absolute Gasteiger partial charge is 0.228 e. The number of hydrogen-bond acceptors (Lipinski definition) is 2. The summed E-state index contributed by atoms with van der Waals surface area (Å²) in [4.78, 5) is 0. The summed E-state index contributed by atoms with van der Waals surface area (Å²) < 4.78 is 52.2. The molecule has 0 aliphatic heterocycles. The maximum atomic E-state index is 11.0. The Morgan fingerprint density at radius 3 is 1.38 bits per heavy atom. The average molecular weight is 164 g/mol. The Morgan fingerprint density at radius 2 is 1.38 bits per heavy atom. The monoisotopic (exact) mass is 164 g/mol. The van der Waals surface area contributed by atoms with E-state index in [1.54, 1.807) is 0 Å². The molecule has 0 aromatic rings. The standard InChI is InChI=1S/CH3F3O2SSi/c2-1(3,4)7(5,6)8/h8H3. The fraction of sp³-hybridized carbons (Fsp3) is 1.00. The molecule has 0 aliphatic carbocycles. The summed E-state index contributed by atoms with van der Waals surface area (Å²) in [6.45, 7) is 0. The van der Waals surface area contributed by atoms with Crippen molar-refractivity contribution in [2.45, 2.75) is 5.51 Å². The van der Waals surface area contributed by atoms with Crippen LogP contribution < -0.4 is 0 Å². The van der Waals surface area contributed by atoms with Crippen LogP contribution in [-0.2, 0) is 9.29 Å². The van der Waals surface area contributed by atoms with E-state index >= 15 is 0 Å². The van der Waals surface area contributed by atoms with Crippen LogP contribution in [-0.4, -0.2) is 23.3 Å². The quantitative estimate of drug-likeness (QED) is 0.439. The lowest BCUT2D eigenvalue weighted by atomic mass is 11.6. The van der Waals surface area contributed by atoms with Gasteiger partial charge in [-0.1, -0.05) is 0 Å². The summed E-state index contributed by atoms with van der Waals surface area (Å²) in [5.41, 5.74) is -5.03. The zero-order valence-electron chi connectivity index (χ0n) is 3.86. The lowest BCUT2D eigenvalue weighted by molar-refractivity contribution is -0.0413. The van der Waals surface area contributed by atoms with Gasteiger partial charge in [-0.05, 0) is 0 Å². The van der Waals surface area contributed by atoms with E-state index in [1.807, 2.05) is 0 Å². The zero-order valence-corrected chi connectivity index (χ0v) is 6.68. The molecular formula is CH3F3O2SSi. The molecule has 50 valence electrons. The fourth-order valence-electron chi connectivity index (χ4n) is 0. The van der Waals surface area contributed by atoms with Crippen molar-refractivity contribution in [3.8, 4) is 0 Å². The topological polar surface area (TPSA) is 34.1 Å². The van der Waals surface area contributed by atoms with Gasteiger partial charge in [0.05, 0.1) is 0 Å². The van der Waals surface area contributed by atoms with Gasteiger partial charge in [-0.25, -0.2) is 8.42 Å². The molecule has 2 nitrogen and oxygen atoms in total. The van der Waals surface area contributed by atoms with Crippen molar-refractivity contribution in [3.05, 3.63) is 0 Å². The largest absolute Gasteiger partial charge is 0.489 e. The molecule has 0 fully saturated rings. The van der Waals surface area contributed by atoms with Crippen molar-refractivity contribution >= 4 is 18.7 Å². The fourth-order valence-corrected chi connectivity index (χ4v) is 0. The van der Waals surface area contributed by atoms with Crippen LogP contribution in [0.15, 0.2) is 0 Å². The van der Waals surface area contributed by atoms with Crippen LogP contribution >= 0.6 is 0 Å². The summed E-state index contributed by atoms with van der Waals surface area (Å²) >= 11 is 0. The second-order valence-corrected chi connectivity index (χ2v) is 6.45. The first-order valence-corrected chi connectivity index (χ1v) is 5.85.